The van der Waals surface area contributed by atoms with Crippen molar-refractivity contribution in [2.24, 2.45) is 0 Å². The number of nitrogens with one attached hydrogen (secondary N) is 1. The van der Waals surface area contributed by atoms with Gasteiger partial charge in [-0.3, -0.25) is 4.79 Å². The van der Waals surface area contributed by atoms with Crippen LogP contribution in [-0.4, -0.2) is 49.5 Å². The fourth-order valence-electron chi connectivity index (χ4n) is 0.914. The van der Waals surface area contributed by atoms with E-state index in [1.54, 1.807) is 6.92 Å². The van der Waals surface area contributed by atoms with Crippen molar-refractivity contribution in [2.45, 2.75) is 12.5 Å². The van der Waals surface area contributed by atoms with Crippen molar-refractivity contribution >= 4 is 11.9 Å². The Morgan fingerprint density at radius 1 is 1.56 bits per heavy atom. The summed E-state index contributed by atoms with van der Waals surface area (Å²) in [5.41, 5.74) is -1.02. The molecule has 0 heterocycles. The summed E-state index contributed by atoms with van der Waals surface area (Å²) in [7, 11) is 1.38. The third-order valence-electron chi connectivity index (χ3n) is 1.77. The lowest BCUT2D eigenvalue weighted by molar-refractivity contribution is -0.142. The van der Waals surface area contributed by atoms with Gasteiger partial charge >= 0.3 is 5.97 Å². The molecule has 6 nitrogen and oxygen atoms in total. The molecule has 0 radical (unpaired) electrons. The molecule has 0 rings (SSSR count). The molecular formula is C10H17NO5. The van der Waals surface area contributed by atoms with Gasteiger partial charge in [-0.25, -0.2) is 4.79 Å². The molecule has 1 amide bonds. The van der Waals surface area contributed by atoms with E-state index in [0.717, 1.165) is 6.08 Å². The Labute approximate surface area is 94.2 Å². The second kappa shape index (κ2) is 6.97. The second-order valence-electron chi connectivity index (χ2n) is 3.51. The van der Waals surface area contributed by atoms with Crippen molar-refractivity contribution in [2.75, 3.05) is 26.9 Å². The molecular weight excluding hydrogens is 214 g/mol. The van der Waals surface area contributed by atoms with Gasteiger partial charge in [0.25, 0.3) is 0 Å². The molecule has 0 aromatic carbocycles. The molecule has 0 aliphatic rings. The van der Waals surface area contributed by atoms with Crippen molar-refractivity contribution < 1.29 is 24.2 Å². The van der Waals surface area contributed by atoms with Crippen LogP contribution in [0.5, 0.6) is 0 Å². The zero-order valence-corrected chi connectivity index (χ0v) is 9.49. The van der Waals surface area contributed by atoms with Crippen LogP contribution in [-0.2, 0) is 19.1 Å². The van der Waals surface area contributed by atoms with Crippen molar-refractivity contribution in [3.05, 3.63) is 12.7 Å². The molecule has 0 saturated heterocycles. The first-order valence-electron chi connectivity index (χ1n) is 4.67. The van der Waals surface area contributed by atoms with Crippen LogP contribution < -0.4 is 5.32 Å². The van der Waals surface area contributed by atoms with Crippen molar-refractivity contribution in [3.63, 3.8) is 0 Å². The number of rotatable bonds is 7. The van der Waals surface area contributed by atoms with E-state index >= 15 is 0 Å². The van der Waals surface area contributed by atoms with Gasteiger partial charge in [-0.2, -0.15) is 0 Å². The van der Waals surface area contributed by atoms with Gasteiger partial charge in [0.2, 0.25) is 5.91 Å². The number of aliphatic hydroxyl groups is 1. The first-order chi connectivity index (χ1) is 7.47. The summed E-state index contributed by atoms with van der Waals surface area (Å²) >= 11 is 0. The lowest BCUT2D eigenvalue weighted by atomic mass is 10.1. The number of hydrogen-bond acceptors (Lipinski definition) is 5. The third-order valence-corrected chi connectivity index (χ3v) is 1.77. The monoisotopic (exact) mass is 231 g/mol. The topological polar surface area (TPSA) is 84.9 Å². The molecule has 0 bridgehead atoms. The van der Waals surface area contributed by atoms with Crippen molar-refractivity contribution in [1.29, 1.82) is 0 Å². The van der Waals surface area contributed by atoms with Crippen LogP contribution in [0.15, 0.2) is 12.7 Å². The Bertz CT molecular complexity index is 266. The summed E-state index contributed by atoms with van der Waals surface area (Å²) in [6.45, 7) is 4.18. The number of aliphatic hydroxyl groups excluding tert-OH is 1. The molecule has 0 saturated carbocycles. The van der Waals surface area contributed by atoms with E-state index in [-0.39, 0.29) is 19.8 Å². The maximum atomic E-state index is 11.2. The molecule has 2 N–H and O–H groups in total. The smallest absolute Gasteiger partial charge is 0.330 e. The van der Waals surface area contributed by atoms with E-state index in [1.807, 2.05) is 0 Å². The van der Waals surface area contributed by atoms with Crippen molar-refractivity contribution in [1.82, 2.24) is 5.32 Å². The molecule has 0 aromatic heterocycles. The van der Waals surface area contributed by atoms with Crippen LogP contribution in [0.2, 0.25) is 0 Å². The quantitative estimate of drug-likeness (QED) is 0.444. The van der Waals surface area contributed by atoms with Gasteiger partial charge < -0.3 is 19.9 Å². The van der Waals surface area contributed by atoms with E-state index in [4.69, 9.17) is 9.84 Å². The van der Waals surface area contributed by atoms with Gasteiger partial charge in [-0.05, 0) is 6.92 Å². The van der Waals surface area contributed by atoms with E-state index in [2.05, 4.69) is 16.6 Å². The van der Waals surface area contributed by atoms with Crippen LogP contribution in [0, 0.1) is 0 Å². The predicted octanol–water partition coefficient (Wildman–Crippen LogP) is -0.771. The molecule has 16 heavy (non-hydrogen) atoms. The molecule has 0 aliphatic carbocycles. The Hall–Kier alpha value is -1.40. The number of hydrogen-bond donors (Lipinski definition) is 2. The summed E-state index contributed by atoms with van der Waals surface area (Å²) in [5, 5.41) is 11.6. The minimum atomic E-state index is -1.02. The lowest BCUT2D eigenvalue weighted by Gasteiger charge is -2.27. The molecule has 6 heteroatoms. The number of methoxy groups -OCH3 is 1. The molecule has 0 fully saturated rings. The fourth-order valence-corrected chi connectivity index (χ4v) is 0.914. The third kappa shape index (κ3) is 5.47. The highest BCUT2D eigenvalue weighted by molar-refractivity contribution is 5.81. The molecule has 0 aliphatic heterocycles. The normalized spacial score (nSPS) is 13.7. The van der Waals surface area contributed by atoms with E-state index in [9.17, 15) is 9.59 Å². The molecule has 0 spiro atoms. The summed E-state index contributed by atoms with van der Waals surface area (Å²) in [6.07, 6.45) is 1.01. The van der Waals surface area contributed by atoms with Crippen LogP contribution in [0.3, 0.4) is 0 Å². The van der Waals surface area contributed by atoms with E-state index < -0.39 is 17.4 Å². The number of amides is 1. The van der Waals surface area contributed by atoms with E-state index in [0.29, 0.717) is 0 Å². The van der Waals surface area contributed by atoms with Crippen LogP contribution in [0.25, 0.3) is 0 Å². The fraction of sp³-hybridized carbons (Fsp3) is 0.600. The van der Waals surface area contributed by atoms with Gasteiger partial charge in [-0.1, -0.05) is 6.58 Å². The van der Waals surface area contributed by atoms with Gasteiger partial charge in [0.05, 0.1) is 12.1 Å². The second-order valence-corrected chi connectivity index (χ2v) is 3.51. The van der Waals surface area contributed by atoms with Crippen LogP contribution in [0.1, 0.15) is 6.92 Å². The highest BCUT2D eigenvalue weighted by Crippen LogP contribution is 2.03. The number of carbonyl (C=O) groups excluding carboxylic acids is 2. The molecule has 0 aromatic rings. The number of esters is 1. The lowest BCUT2D eigenvalue weighted by Crippen LogP contribution is -2.53. The van der Waals surface area contributed by atoms with Gasteiger partial charge in [0.15, 0.2) is 0 Å². The Kier molecular flexibility index (Phi) is 6.36. The maximum Gasteiger partial charge on any atom is 0.330 e. The summed E-state index contributed by atoms with van der Waals surface area (Å²) in [6, 6.07) is 0. The largest absolute Gasteiger partial charge is 0.460 e. The average Bonchev–Trinajstić information content (AvgIpc) is 2.26. The number of ether oxygens (including phenoxy) is 2. The first kappa shape index (κ1) is 14.6. The summed E-state index contributed by atoms with van der Waals surface area (Å²) in [5.74, 6) is -1.01. The molecule has 92 valence electrons. The minimum absolute atomic E-state index is 0.120. The Balaban J connectivity index is 4.24. The molecule has 1 atom stereocenters. The summed E-state index contributed by atoms with van der Waals surface area (Å²) < 4.78 is 9.38. The highest BCUT2D eigenvalue weighted by Gasteiger charge is 2.27. The van der Waals surface area contributed by atoms with Crippen molar-refractivity contribution in [3.8, 4) is 0 Å². The molecule has 1 unspecified atom stereocenters. The summed E-state index contributed by atoms with van der Waals surface area (Å²) in [4.78, 5) is 22.1. The SMILES string of the molecule is C=CC(=O)OCC(C)(CO)NC(=O)COC. The van der Waals surface area contributed by atoms with Gasteiger partial charge in [0.1, 0.15) is 13.2 Å². The van der Waals surface area contributed by atoms with Crippen LogP contribution >= 0.6 is 0 Å². The predicted molar refractivity (Wildman–Crippen MR) is 56.7 cm³/mol. The first-order valence-corrected chi connectivity index (χ1v) is 4.67. The number of carbonyl (C=O) groups is 2. The minimum Gasteiger partial charge on any atom is -0.460 e. The maximum absolute atomic E-state index is 11.2. The standard InChI is InChI=1S/C10H17NO5/c1-4-9(14)16-7-10(2,6-12)11-8(13)5-15-3/h4,12H,1,5-7H2,2-3H3,(H,11,13). The Morgan fingerprint density at radius 3 is 2.62 bits per heavy atom. The van der Waals surface area contributed by atoms with Gasteiger partial charge in [-0.15, -0.1) is 0 Å². The zero-order valence-electron chi connectivity index (χ0n) is 9.49. The highest BCUT2D eigenvalue weighted by atomic mass is 16.5. The van der Waals surface area contributed by atoms with Crippen LogP contribution in [0.4, 0.5) is 0 Å². The van der Waals surface area contributed by atoms with Gasteiger partial charge in [0, 0.05) is 13.2 Å². The van der Waals surface area contributed by atoms with E-state index in [1.165, 1.54) is 7.11 Å². The zero-order chi connectivity index (χ0) is 12.6. The Morgan fingerprint density at radius 2 is 2.19 bits per heavy atom. The average molecular weight is 231 g/mol.